The molecule has 1 N–H and O–H groups in total. The summed E-state index contributed by atoms with van der Waals surface area (Å²) in [5, 5.41) is 3.44. The fourth-order valence-electron chi connectivity index (χ4n) is 2.81. The van der Waals surface area contributed by atoms with Crippen molar-refractivity contribution in [3.8, 4) is 10.6 Å². The predicted octanol–water partition coefficient (Wildman–Crippen LogP) is 3.92. The highest BCUT2D eigenvalue weighted by Gasteiger charge is 2.21. The number of nitrogens with one attached hydrogen (secondary N) is 1. The Morgan fingerprint density at radius 1 is 1.25 bits per heavy atom. The number of aryl methyl sites for hydroxylation is 2. The van der Waals surface area contributed by atoms with Crippen LogP contribution >= 0.6 is 11.3 Å². The van der Waals surface area contributed by atoms with E-state index >= 15 is 0 Å². The Morgan fingerprint density at radius 2 is 2.15 bits per heavy atom. The Morgan fingerprint density at radius 3 is 3.05 bits per heavy atom. The van der Waals surface area contributed by atoms with Gasteiger partial charge in [0.05, 0.1) is 17.6 Å². The van der Waals surface area contributed by atoms with E-state index in [1.165, 1.54) is 55.4 Å². The van der Waals surface area contributed by atoms with Crippen molar-refractivity contribution in [2.24, 2.45) is 0 Å². The number of fused-ring (bicyclic) bond motifs is 1. The van der Waals surface area contributed by atoms with Crippen LogP contribution in [0.3, 0.4) is 0 Å². The molecular formula is C16H20N2OS. The van der Waals surface area contributed by atoms with Crippen molar-refractivity contribution in [3.63, 3.8) is 0 Å². The van der Waals surface area contributed by atoms with Crippen LogP contribution in [0.15, 0.2) is 16.7 Å². The summed E-state index contributed by atoms with van der Waals surface area (Å²) >= 11 is 1.90. The van der Waals surface area contributed by atoms with E-state index < -0.39 is 0 Å². The minimum atomic E-state index is 0.697. The van der Waals surface area contributed by atoms with Crippen LogP contribution in [0.2, 0.25) is 0 Å². The number of thiophene rings is 1. The van der Waals surface area contributed by atoms with Crippen molar-refractivity contribution < 1.29 is 4.42 Å². The van der Waals surface area contributed by atoms with Gasteiger partial charge in [-0.2, -0.15) is 0 Å². The van der Waals surface area contributed by atoms with Crippen LogP contribution in [0.4, 0.5) is 0 Å². The van der Waals surface area contributed by atoms with Crippen molar-refractivity contribution in [1.29, 1.82) is 0 Å². The molecule has 0 aliphatic heterocycles. The van der Waals surface area contributed by atoms with Gasteiger partial charge in [-0.1, -0.05) is 6.42 Å². The third-order valence-corrected chi connectivity index (χ3v) is 5.41. The van der Waals surface area contributed by atoms with Gasteiger partial charge in [0.15, 0.2) is 5.76 Å². The molecular weight excluding hydrogens is 268 g/mol. The molecule has 0 aromatic carbocycles. The summed E-state index contributed by atoms with van der Waals surface area (Å²) in [6, 6.07) is 3.02. The van der Waals surface area contributed by atoms with Crippen molar-refractivity contribution in [3.05, 3.63) is 28.6 Å². The number of hydrogen-bond acceptors (Lipinski definition) is 4. The van der Waals surface area contributed by atoms with Crippen LogP contribution in [-0.4, -0.2) is 11.0 Å². The monoisotopic (exact) mass is 288 g/mol. The first-order valence-electron chi connectivity index (χ1n) is 7.68. The first-order chi connectivity index (χ1) is 9.88. The zero-order valence-corrected chi connectivity index (χ0v) is 12.5. The average molecular weight is 288 g/mol. The third-order valence-electron chi connectivity index (χ3n) is 4.16. The normalized spacial score (nSPS) is 18.8. The van der Waals surface area contributed by atoms with Gasteiger partial charge < -0.3 is 9.73 Å². The Labute approximate surface area is 123 Å². The lowest BCUT2D eigenvalue weighted by atomic mass is 10.1. The molecule has 20 heavy (non-hydrogen) atoms. The quantitative estimate of drug-likeness (QED) is 0.866. The second kappa shape index (κ2) is 5.34. The number of oxazole rings is 1. The smallest absolute Gasteiger partial charge is 0.208 e. The first kappa shape index (κ1) is 12.6. The molecule has 106 valence electrons. The van der Waals surface area contributed by atoms with E-state index in [9.17, 15) is 0 Å². The van der Waals surface area contributed by atoms with Crippen LogP contribution in [0.25, 0.3) is 10.6 Å². The van der Waals surface area contributed by atoms with E-state index in [2.05, 4.69) is 16.4 Å². The Kier molecular flexibility index (Phi) is 3.36. The van der Waals surface area contributed by atoms with Gasteiger partial charge >= 0.3 is 0 Å². The largest absolute Gasteiger partial charge is 0.438 e. The lowest BCUT2D eigenvalue weighted by Crippen LogP contribution is -2.15. The summed E-state index contributed by atoms with van der Waals surface area (Å²) in [4.78, 5) is 7.21. The Bertz CT molecular complexity index is 574. The number of nitrogens with zero attached hydrogens (tertiary/aromatic N) is 1. The molecule has 4 rings (SSSR count). The Hall–Kier alpha value is -1.13. The fourth-order valence-corrected chi connectivity index (χ4v) is 4.01. The van der Waals surface area contributed by atoms with Crippen LogP contribution < -0.4 is 5.32 Å². The molecule has 0 saturated heterocycles. The topological polar surface area (TPSA) is 38.1 Å². The van der Waals surface area contributed by atoms with Crippen LogP contribution in [0.1, 0.15) is 48.4 Å². The van der Waals surface area contributed by atoms with Crippen LogP contribution in [0, 0.1) is 0 Å². The van der Waals surface area contributed by atoms with Crippen LogP contribution in [-0.2, 0) is 19.4 Å². The maximum Gasteiger partial charge on any atom is 0.208 e. The maximum atomic E-state index is 5.89. The molecule has 0 atom stereocenters. The average Bonchev–Trinajstić information content (AvgIpc) is 3.10. The molecule has 0 unspecified atom stereocenters. The van der Waals surface area contributed by atoms with Gasteiger partial charge in [-0.25, -0.2) is 4.98 Å². The molecule has 2 aliphatic carbocycles. The predicted molar refractivity (Wildman–Crippen MR) is 80.9 cm³/mol. The molecule has 0 spiro atoms. The standard InChI is InChI=1S/C16H20N2OS/c1-2-4-11-8-15(20-14(11)5-3-1)13-9-18-16(19-13)10-17-12-6-7-12/h8-9,12,17H,1-7,10H2. The van der Waals surface area contributed by atoms with Gasteiger partial charge in [-0.3, -0.25) is 0 Å². The second-order valence-electron chi connectivity index (χ2n) is 5.89. The summed E-state index contributed by atoms with van der Waals surface area (Å²) in [6.07, 6.45) is 11.0. The number of hydrogen-bond donors (Lipinski definition) is 1. The molecule has 2 aromatic heterocycles. The van der Waals surface area contributed by atoms with E-state index in [1.807, 2.05) is 17.5 Å². The second-order valence-corrected chi connectivity index (χ2v) is 7.03. The van der Waals surface area contributed by atoms with Crippen molar-refractivity contribution in [2.45, 2.75) is 57.5 Å². The molecule has 2 heterocycles. The SMILES string of the molecule is c1nc(CNC2CC2)oc1-c1cc2c(s1)CCCCC2. The molecule has 4 heteroatoms. The van der Waals surface area contributed by atoms with Gasteiger partial charge in [0.2, 0.25) is 5.89 Å². The highest BCUT2D eigenvalue weighted by atomic mass is 32.1. The van der Waals surface area contributed by atoms with Crippen LogP contribution in [0.5, 0.6) is 0 Å². The highest BCUT2D eigenvalue weighted by molar-refractivity contribution is 7.15. The molecule has 0 radical (unpaired) electrons. The molecule has 1 saturated carbocycles. The minimum Gasteiger partial charge on any atom is -0.438 e. The first-order valence-corrected chi connectivity index (χ1v) is 8.50. The van der Waals surface area contributed by atoms with E-state index in [-0.39, 0.29) is 0 Å². The van der Waals surface area contributed by atoms with Crippen molar-refractivity contribution in [1.82, 2.24) is 10.3 Å². The van der Waals surface area contributed by atoms with Gasteiger partial charge in [0.25, 0.3) is 0 Å². The summed E-state index contributed by atoms with van der Waals surface area (Å²) in [5.74, 6) is 1.76. The highest BCUT2D eigenvalue weighted by Crippen LogP contribution is 2.35. The Balaban J connectivity index is 1.51. The van der Waals surface area contributed by atoms with Gasteiger partial charge in [-0.15, -0.1) is 11.3 Å². The molecule has 2 aromatic rings. The van der Waals surface area contributed by atoms with Gasteiger partial charge in [0, 0.05) is 10.9 Å². The summed E-state index contributed by atoms with van der Waals surface area (Å²) < 4.78 is 5.89. The lowest BCUT2D eigenvalue weighted by Gasteiger charge is -1.96. The lowest BCUT2D eigenvalue weighted by molar-refractivity contribution is 0.477. The summed E-state index contributed by atoms with van der Waals surface area (Å²) in [7, 11) is 0. The van der Waals surface area contributed by atoms with Crippen molar-refractivity contribution in [2.75, 3.05) is 0 Å². The molecule has 2 aliphatic rings. The molecule has 3 nitrogen and oxygen atoms in total. The molecule has 1 fully saturated rings. The third kappa shape index (κ3) is 2.67. The van der Waals surface area contributed by atoms with Crippen molar-refractivity contribution >= 4 is 11.3 Å². The number of rotatable bonds is 4. The molecule has 0 amide bonds. The molecule has 0 bridgehead atoms. The van der Waals surface area contributed by atoms with E-state index in [1.54, 1.807) is 4.88 Å². The maximum absolute atomic E-state index is 5.89. The minimum absolute atomic E-state index is 0.697. The van der Waals surface area contributed by atoms with E-state index in [0.29, 0.717) is 6.04 Å². The van der Waals surface area contributed by atoms with E-state index in [4.69, 9.17) is 4.42 Å². The summed E-state index contributed by atoms with van der Waals surface area (Å²) in [5.41, 5.74) is 1.54. The zero-order valence-electron chi connectivity index (χ0n) is 11.7. The van der Waals surface area contributed by atoms with Gasteiger partial charge in [-0.05, 0) is 50.2 Å². The fraction of sp³-hybridized carbons (Fsp3) is 0.562. The number of aromatic nitrogens is 1. The summed E-state index contributed by atoms with van der Waals surface area (Å²) in [6.45, 7) is 0.760. The van der Waals surface area contributed by atoms with E-state index in [0.717, 1.165) is 18.2 Å². The zero-order chi connectivity index (χ0) is 13.4. The van der Waals surface area contributed by atoms with Gasteiger partial charge in [0.1, 0.15) is 0 Å².